The van der Waals surface area contributed by atoms with Crippen LogP contribution in [0, 0.1) is 11.7 Å². The molecule has 3 heteroatoms. The van der Waals surface area contributed by atoms with Gasteiger partial charge in [-0.25, -0.2) is 4.39 Å². The van der Waals surface area contributed by atoms with Crippen LogP contribution in [0.15, 0.2) is 24.3 Å². The third-order valence-electron chi connectivity index (χ3n) is 3.14. The van der Waals surface area contributed by atoms with Crippen molar-refractivity contribution >= 4 is 5.91 Å². The Morgan fingerprint density at radius 1 is 1.41 bits per heavy atom. The average Bonchev–Trinajstić information content (AvgIpc) is 3.09. The van der Waals surface area contributed by atoms with Crippen LogP contribution in [0.1, 0.15) is 37.0 Å². The summed E-state index contributed by atoms with van der Waals surface area (Å²) in [6.07, 6.45) is 2.38. The van der Waals surface area contributed by atoms with E-state index in [-0.39, 0.29) is 17.5 Å². The molecule has 0 aliphatic heterocycles. The van der Waals surface area contributed by atoms with E-state index in [1.165, 1.54) is 18.9 Å². The van der Waals surface area contributed by atoms with Crippen molar-refractivity contribution in [3.05, 3.63) is 35.6 Å². The first kappa shape index (κ1) is 12.1. The molecule has 1 amide bonds. The Balaban J connectivity index is 2.18. The zero-order chi connectivity index (χ0) is 12.4. The molecular formula is C14H18FNO. The van der Waals surface area contributed by atoms with Crippen molar-refractivity contribution in [2.45, 2.75) is 32.7 Å². The van der Waals surface area contributed by atoms with Crippen LogP contribution in [-0.4, -0.2) is 23.4 Å². The van der Waals surface area contributed by atoms with Gasteiger partial charge in [0.05, 0.1) is 5.56 Å². The minimum absolute atomic E-state index is 0.114. The second kappa shape index (κ2) is 4.86. The van der Waals surface area contributed by atoms with E-state index in [0.717, 1.165) is 6.54 Å². The molecule has 1 fully saturated rings. The van der Waals surface area contributed by atoms with Gasteiger partial charge in [-0.1, -0.05) is 12.1 Å². The van der Waals surface area contributed by atoms with E-state index in [1.54, 1.807) is 23.1 Å². The minimum atomic E-state index is -0.432. The highest BCUT2D eigenvalue weighted by Crippen LogP contribution is 2.31. The van der Waals surface area contributed by atoms with Gasteiger partial charge >= 0.3 is 0 Å². The molecule has 1 aliphatic carbocycles. The Morgan fingerprint density at radius 3 is 2.59 bits per heavy atom. The van der Waals surface area contributed by atoms with Crippen LogP contribution in [0.5, 0.6) is 0 Å². The third-order valence-corrected chi connectivity index (χ3v) is 3.14. The van der Waals surface area contributed by atoms with E-state index in [9.17, 15) is 9.18 Å². The topological polar surface area (TPSA) is 20.3 Å². The monoisotopic (exact) mass is 235 g/mol. The van der Waals surface area contributed by atoms with Crippen LogP contribution in [0.25, 0.3) is 0 Å². The minimum Gasteiger partial charge on any atom is -0.336 e. The van der Waals surface area contributed by atoms with Crippen molar-refractivity contribution in [2.24, 2.45) is 5.92 Å². The number of halogens is 1. The molecule has 0 N–H and O–H groups in total. The molecule has 2 rings (SSSR count). The highest BCUT2D eigenvalue weighted by molar-refractivity contribution is 5.94. The van der Waals surface area contributed by atoms with Gasteiger partial charge in [0, 0.05) is 12.6 Å². The fraction of sp³-hybridized carbons (Fsp3) is 0.500. The Hall–Kier alpha value is -1.38. The van der Waals surface area contributed by atoms with Crippen molar-refractivity contribution in [1.82, 2.24) is 4.90 Å². The first-order valence-corrected chi connectivity index (χ1v) is 6.15. The second-order valence-corrected chi connectivity index (χ2v) is 4.97. The van der Waals surface area contributed by atoms with E-state index < -0.39 is 5.82 Å². The van der Waals surface area contributed by atoms with E-state index in [0.29, 0.717) is 5.92 Å². The van der Waals surface area contributed by atoms with Gasteiger partial charge in [-0.3, -0.25) is 4.79 Å². The van der Waals surface area contributed by atoms with E-state index in [1.807, 2.05) is 13.8 Å². The number of carbonyl (C=O) groups excluding carboxylic acids is 1. The molecule has 0 bridgehead atoms. The highest BCUT2D eigenvalue weighted by atomic mass is 19.1. The maximum Gasteiger partial charge on any atom is 0.257 e. The molecule has 0 heterocycles. The number of amides is 1. The summed E-state index contributed by atoms with van der Waals surface area (Å²) in [5.41, 5.74) is 0.182. The van der Waals surface area contributed by atoms with Crippen LogP contribution in [0.4, 0.5) is 4.39 Å². The lowest BCUT2D eigenvalue weighted by molar-refractivity contribution is 0.0691. The van der Waals surface area contributed by atoms with E-state index in [4.69, 9.17) is 0 Å². The van der Waals surface area contributed by atoms with Gasteiger partial charge in [-0.2, -0.15) is 0 Å². The largest absolute Gasteiger partial charge is 0.336 e. The molecule has 92 valence electrons. The fourth-order valence-electron chi connectivity index (χ4n) is 1.90. The smallest absolute Gasteiger partial charge is 0.257 e. The van der Waals surface area contributed by atoms with E-state index in [2.05, 4.69) is 0 Å². The predicted molar refractivity (Wildman–Crippen MR) is 65.3 cm³/mol. The third kappa shape index (κ3) is 2.84. The van der Waals surface area contributed by atoms with Crippen molar-refractivity contribution in [3.8, 4) is 0 Å². The van der Waals surface area contributed by atoms with Gasteiger partial charge in [0.25, 0.3) is 5.91 Å². The Labute approximate surface area is 101 Å². The molecule has 1 aliphatic rings. The molecule has 0 atom stereocenters. The van der Waals surface area contributed by atoms with Crippen LogP contribution in [0.3, 0.4) is 0 Å². The van der Waals surface area contributed by atoms with Gasteiger partial charge in [0.15, 0.2) is 0 Å². The summed E-state index contributed by atoms with van der Waals surface area (Å²) in [6, 6.07) is 6.31. The molecule has 0 radical (unpaired) electrons. The quantitative estimate of drug-likeness (QED) is 0.785. The van der Waals surface area contributed by atoms with Crippen LogP contribution < -0.4 is 0 Å². The highest BCUT2D eigenvalue weighted by Gasteiger charge is 2.29. The van der Waals surface area contributed by atoms with Crippen molar-refractivity contribution < 1.29 is 9.18 Å². The zero-order valence-electron chi connectivity index (χ0n) is 10.3. The van der Waals surface area contributed by atoms with Gasteiger partial charge < -0.3 is 4.90 Å². The van der Waals surface area contributed by atoms with Crippen LogP contribution in [0.2, 0.25) is 0 Å². The summed E-state index contributed by atoms with van der Waals surface area (Å²) in [5, 5.41) is 0. The first-order valence-electron chi connectivity index (χ1n) is 6.15. The zero-order valence-corrected chi connectivity index (χ0v) is 10.3. The van der Waals surface area contributed by atoms with Gasteiger partial charge in [0.2, 0.25) is 0 Å². The van der Waals surface area contributed by atoms with Crippen molar-refractivity contribution in [3.63, 3.8) is 0 Å². The summed E-state index contributed by atoms with van der Waals surface area (Å²) in [7, 11) is 0. The van der Waals surface area contributed by atoms with Crippen LogP contribution >= 0.6 is 0 Å². The molecular weight excluding hydrogens is 217 g/mol. The lowest BCUT2D eigenvalue weighted by atomic mass is 10.1. The normalized spacial score (nSPS) is 15.1. The number of benzene rings is 1. The summed E-state index contributed by atoms with van der Waals surface area (Å²) in [5.74, 6) is -0.00271. The molecule has 1 aromatic rings. The number of rotatable bonds is 4. The first-order chi connectivity index (χ1) is 8.09. The fourth-order valence-corrected chi connectivity index (χ4v) is 1.90. The van der Waals surface area contributed by atoms with E-state index >= 15 is 0 Å². The van der Waals surface area contributed by atoms with Gasteiger partial charge in [-0.15, -0.1) is 0 Å². The molecule has 0 aromatic heterocycles. The SMILES string of the molecule is CC(C)N(CC1CC1)C(=O)c1ccccc1F. The van der Waals surface area contributed by atoms with Gasteiger partial charge in [0.1, 0.15) is 5.82 Å². The molecule has 0 unspecified atom stereocenters. The lowest BCUT2D eigenvalue weighted by Gasteiger charge is -2.27. The van der Waals surface area contributed by atoms with Gasteiger partial charge in [-0.05, 0) is 44.7 Å². The molecule has 1 aromatic carbocycles. The number of hydrogen-bond acceptors (Lipinski definition) is 1. The lowest BCUT2D eigenvalue weighted by Crippen LogP contribution is -2.38. The van der Waals surface area contributed by atoms with Crippen molar-refractivity contribution in [1.29, 1.82) is 0 Å². The number of hydrogen-bond donors (Lipinski definition) is 0. The average molecular weight is 235 g/mol. The Bertz CT molecular complexity index is 412. The number of carbonyl (C=O) groups is 1. The Morgan fingerprint density at radius 2 is 2.06 bits per heavy atom. The summed E-state index contributed by atoms with van der Waals surface area (Å²) in [6.45, 7) is 4.70. The van der Waals surface area contributed by atoms with Crippen LogP contribution in [-0.2, 0) is 0 Å². The molecule has 0 saturated heterocycles. The standard InChI is InChI=1S/C14H18FNO/c1-10(2)16(9-11-7-8-11)14(17)12-5-3-4-6-13(12)15/h3-6,10-11H,7-9H2,1-2H3. The molecule has 17 heavy (non-hydrogen) atoms. The maximum atomic E-state index is 13.6. The Kier molecular flexibility index (Phi) is 3.46. The number of nitrogens with zero attached hydrogens (tertiary/aromatic N) is 1. The maximum absolute atomic E-state index is 13.6. The summed E-state index contributed by atoms with van der Waals surface area (Å²) < 4.78 is 13.6. The molecule has 2 nitrogen and oxygen atoms in total. The summed E-state index contributed by atoms with van der Waals surface area (Å²) in [4.78, 5) is 14.0. The molecule has 1 saturated carbocycles. The van der Waals surface area contributed by atoms with Crippen molar-refractivity contribution in [2.75, 3.05) is 6.54 Å². The summed E-state index contributed by atoms with van der Waals surface area (Å²) >= 11 is 0. The second-order valence-electron chi connectivity index (χ2n) is 4.97. The molecule has 0 spiro atoms. The predicted octanol–water partition coefficient (Wildman–Crippen LogP) is 3.09.